The molecule has 1 aromatic carbocycles. The summed E-state index contributed by atoms with van der Waals surface area (Å²) in [5, 5.41) is 21.1. The van der Waals surface area contributed by atoms with Crippen LogP contribution < -0.4 is 0 Å². The number of unbranched alkanes of at least 4 members (excludes halogenated alkanes) is 14. The van der Waals surface area contributed by atoms with E-state index in [4.69, 9.17) is 9.47 Å². The maximum Gasteiger partial charge on any atom is 0.335 e. The van der Waals surface area contributed by atoms with E-state index in [1.54, 1.807) is 6.07 Å². The van der Waals surface area contributed by atoms with Crippen molar-refractivity contribution in [3.63, 3.8) is 0 Å². The van der Waals surface area contributed by atoms with E-state index in [-0.39, 0.29) is 37.1 Å². The molecule has 0 fully saturated rings. The molecule has 2 N–H and O–H groups in total. The number of ether oxygens (including phenoxy) is 2. The lowest BCUT2D eigenvalue weighted by molar-refractivity contribution is -0.145. The smallest absolute Gasteiger partial charge is 0.335 e. The van der Waals surface area contributed by atoms with Crippen LogP contribution in [0.3, 0.4) is 0 Å². The number of hydrogen-bond donors (Lipinski definition) is 2. The van der Waals surface area contributed by atoms with Gasteiger partial charge in [0.2, 0.25) is 0 Å². The first-order chi connectivity index (χ1) is 20.3. The van der Waals surface area contributed by atoms with Gasteiger partial charge in [-0.3, -0.25) is 4.79 Å². The van der Waals surface area contributed by atoms with Gasteiger partial charge < -0.3 is 19.7 Å². The van der Waals surface area contributed by atoms with Gasteiger partial charge in [-0.05, 0) is 35.3 Å². The number of carbonyl (C=O) groups is 2. The van der Waals surface area contributed by atoms with Crippen molar-refractivity contribution < 1.29 is 29.3 Å². The van der Waals surface area contributed by atoms with Gasteiger partial charge >= 0.3 is 11.9 Å². The maximum atomic E-state index is 12.2. The monoisotopic (exact) mass is 604 g/mol. The minimum Gasteiger partial charge on any atom is -0.507 e. The summed E-state index contributed by atoms with van der Waals surface area (Å²) in [5.41, 5.74) is 1.21. The molecule has 248 valence electrons. The summed E-state index contributed by atoms with van der Waals surface area (Å²) < 4.78 is 11.0. The standard InChI is InChI=1S/C37H64O6/c1-8-9-10-11-12-13-14-15-16-17-18-19-20-21-22-23-32(38)43-27-26-42-25-24-29-30(35(40)41)28-31(36(2,3)4)34(39)33(29)37(5,6)7/h28,39H,8-27H2,1-7H3,(H,40,41). The minimum absolute atomic E-state index is 0.160. The van der Waals surface area contributed by atoms with Gasteiger partial charge in [0.05, 0.1) is 18.8 Å². The van der Waals surface area contributed by atoms with E-state index in [1.807, 2.05) is 41.5 Å². The van der Waals surface area contributed by atoms with Gasteiger partial charge in [-0.15, -0.1) is 0 Å². The second-order valence-corrected chi connectivity index (χ2v) is 14.3. The number of carbonyl (C=O) groups excluding carboxylic acids is 1. The number of esters is 1. The fraction of sp³-hybridized carbons (Fsp3) is 0.784. The number of benzene rings is 1. The Kier molecular flexibility index (Phi) is 18.8. The summed E-state index contributed by atoms with van der Waals surface area (Å²) in [7, 11) is 0. The summed E-state index contributed by atoms with van der Waals surface area (Å²) in [6, 6.07) is 1.60. The van der Waals surface area contributed by atoms with Crippen molar-refractivity contribution in [1.82, 2.24) is 0 Å². The first kappa shape index (κ1) is 38.9. The lowest BCUT2D eigenvalue weighted by Gasteiger charge is -2.30. The van der Waals surface area contributed by atoms with E-state index in [0.717, 1.165) is 12.8 Å². The third-order valence-electron chi connectivity index (χ3n) is 8.17. The van der Waals surface area contributed by atoms with E-state index < -0.39 is 16.8 Å². The molecule has 0 bridgehead atoms. The quantitative estimate of drug-likeness (QED) is 0.0953. The van der Waals surface area contributed by atoms with Crippen LogP contribution in [-0.2, 0) is 31.5 Å². The van der Waals surface area contributed by atoms with Crippen LogP contribution in [0, 0.1) is 0 Å². The third-order valence-corrected chi connectivity index (χ3v) is 8.17. The molecule has 0 atom stereocenters. The van der Waals surface area contributed by atoms with Crippen LogP contribution in [0.25, 0.3) is 0 Å². The van der Waals surface area contributed by atoms with Crippen LogP contribution in [0.1, 0.15) is 178 Å². The van der Waals surface area contributed by atoms with Gasteiger partial charge in [0.1, 0.15) is 12.4 Å². The highest BCUT2D eigenvalue weighted by molar-refractivity contribution is 5.91. The van der Waals surface area contributed by atoms with Crippen LogP contribution in [-0.4, -0.2) is 42.0 Å². The molecule has 43 heavy (non-hydrogen) atoms. The molecule has 1 rings (SSSR count). The normalized spacial score (nSPS) is 12.1. The average Bonchev–Trinajstić information content (AvgIpc) is 2.91. The number of hydrogen-bond acceptors (Lipinski definition) is 5. The minimum atomic E-state index is -1.02. The lowest BCUT2D eigenvalue weighted by atomic mass is 9.75. The summed E-state index contributed by atoms with van der Waals surface area (Å²) >= 11 is 0. The topological polar surface area (TPSA) is 93.1 Å². The molecule has 6 heteroatoms. The van der Waals surface area contributed by atoms with Gasteiger partial charge in [0.25, 0.3) is 0 Å². The highest BCUT2D eigenvalue weighted by atomic mass is 16.6. The van der Waals surface area contributed by atoms with Crippen LogP contribution in [0.4, 0.5) is 0 Å². The number of carboxylic acids is 1. The second kappa shape index (κ2) is 20.8. The molecular weight excluding hydrogens is 540 g/mol. The second-order valence-electron chi connectivity index (χ2n) is 14.3. The molecule has 0 heterocycles. The Morgan fingerprint density at radius 3 is 1.63 bits per heavy atom. The third kappa shape index (κ3) is 16.0. The van der Waals surface area contributed by atoms with Gasteiger partial charge in [-0.2, -0.15) is 0 Å². The van der Waals surface area contributed by atoms with Crippen LogP contribution in [0.15, 0.2) is 6.07 Å². The number of carboxylic acid groups (broad SMARTS) is 1. The summed E-state index contributed by atoms with van der Waals surface area (Å²) in [4.78, 5) is 24.3. The molecule has 0 unspecified atom stereocenters. The zero-order valence-electron chi connectivity index (χ0n) is 28.7. The van der Waals surface area contributed by atoms with E-state index in [2.05, 4.69) is 6.92 Å². The summed E-state index contributed by atoms with van der Waals surface area (Å²) in [5.74, 6) is -1.05. The number of phenolic OH excluding ortho intramolecular Hbond substituents is 1. The summed E-state index contributed by atoms with van der Waals surface area (Å²) in [6.07, 6.45) is 20.2. The molecule has 0 amide bonds. The molecule has 0 aromatic heterocycles. The van der Waals surface area contributed by atoms with E-state index in [9.17, 15) is 19.8 Å². The van der Waals surface area contributed by atoms with Crippen molar-refractivity contribution >= 4 is 11.9 Å². The molecule has 0 saturated heterocycles. The molecule has 1 aromatic rings. The molecule has 6 nitrogen and oxygen atoms in total. The Hall–Kier alpha value is -2.08. The van der Waals surface area contributed by atoms with Crippen molar-refractivity contribution in [2.75, 3.05) is 19.8 Å². The molecule has 0 aliphatic heterocycles. The Labute approximate surface area is 263 Å². The molecule has 0 aliphatic carbocycles. The van der Waals surface area contributed by atoms with Crippen molar-refractivity contribution in [2.45, 2.75) is 168 Å². The Balaban J connectivity index is 2.25. The number of aromatic carboxylic acids is 1. The van der Waals surface area contributed by atoms with Crippen LogP contribution >= 0.6 is 0 Å². The Morgan fingerprint density at radius 2 is 1.19 bits per heavy atom. The first-order valence-electron chi connectivity index (χ1n) is 17.2. The van der Waals surface area contributed by atoms with Crippen molar-refractivity contribution in [2.24, 2.45) is 0 Å². The molecule has 0 saturated carbocycles. The molecule has 0 aliphatic rings. The largest absolute Gasteiger partial charge is 0.507 e. The van der Waals surface area contributed by atoms with Crippen molar-refractivity contribution in [1.29, 1.82) is 0 Å². The zero-order chi connectivity index (χ0) is 32.3. The van der Waals surface area contributed by atoms with Crippen LogP contribution in [0.5, 0.6) is 5.75 Å². The highest BCUT2D eigenvalue weighted by Crippen LogP contribution is 2.42. The Morgan fingerprint density at radius 1 is 0.698 bits per heavy atom. The van der Waals surface area contributed by atoms with E-state index in [1.165, 1.54) is 83.5 Å². The predicted octanol–water partition coefficient (Wildman–Crippen LogP) is 10.0. The van der Waals surface area contributed by atoms with Crippen molar-refractivity contribution in [3.8, 4) is 5.75 Å². The number of phenols is 1. The average molecular weight is 605 g/mol. The van der Waals surface area contributed by atoms with Gasteiger partial charge in [0, 0.05) is 17.5 Å². The number of rotatable bonds is 23. The van der Waals surface area contributed by atoms with E-state index in [0.29, 0.717) is 29.5 Å². The molecule has 0 spiro atoms. The zero-order valence-corrected chi connectivity index (χ0v) is 28.7. The first-order valence-corrected chi connectivity index (χ1v) is 17.2. The molecular formula is C37H64O6. The lowest BCUT2D eigenvalue weighted by Crippen LogP contribution is -2.23. The van der Waals surface area contributed by atoms with Gasteiger partial charge in [-0.1, -0.05) is 138 Å². The highest BCUT2D eigenvalue weighted by Gasteiger charge is 2.31. The van der Waals surface area contributed by atoms with Gasteiger partial charge in [-0.25, -0.2) is 4.79 Å². The fourth-order valence-electron chi connectivity index (χ4n) is 5.75. The van der Waals surface area contributed by atoms with Crippen molar-refractivity contribution in [3.05, 3.63) is 28.3 Å². The SMILES string of the molecule is CCCCCCCCCCCCCCCCCC(=O)OCCOCCc1c(C(=O)O)cc(C(C)(C)C)c(O)c1C(C)(C)C. The predicted molar refractivity (Wildman–Crippen MR) is 177 cm³/mol. The maximum absolute atomic E-state index is 12.2. The van der Waals surface area contributed by atoms with Crippen LogP contribution in [0.2, 0.25) is 0 Å². The number of aromatic hydroxyl groups is 1. The Bertz CT molecular complexity index is 938. The van der Waals surface area contributed by atoms with Gasteiger partial charge in [0.15, 0.2) is 0 Å². The van der Waals surface area contributed by atoms with E-state index >= 15 is 0 Å². The summed E-state index contributed by atoms with van der Waals surface area (Å²) in [6.45, 7) is 14.8. The fourth-order valence-corrected chi connectivity index (χ4v) is 5.75. The molecule has 0 radical (unpaired) electrons.